The van der Waals surface area contributed by atoms with Crippen LogP contribution in [0.5, 0.6) is 0 Å². The Bertz CT molecular complexity index is 253. The number of hydrogen-bond acceptors (Lipinski definition) is 3. The lowest BCUT2D eigenvalue weighted by molar-refractivity contribution is -0.141. The molecule has 2 N–H and O–H groups in total. The lowest BCUT2D eigenvalue weighted by Gasteiger charge is -2.17. The van der Waals surface area contributed by atoms with Gasteiger partial charge in [0.2, 0.25) is 5.91 Å². The summed E-state index contributed by atoms with van der Waals surface area (Å²) in [6.07, 6.45) is 0.150. The van der Waals surface area contributed by atoms with Crippen LogP contribution in [0.1, 0.15) is 20.3 Å². The Morgan fingerprint density at radius 1 is 1.67 bits per heavy atom. The number of carbonyl (C=O) groups excluding carboxylic acids is 1. The van der Waals surface area contributed by atoms with Crippen molar-refractivity contribution in [2.45, 2.75) is 26.3 Å². The van der Waals surface area contributed by atoms with Crippen LogP contribution in [-0.4, -0.2) is 47.6 Å². The fourth-order valence-corrected chi connectivity index (χ4v) is 1.64. The summed E-state index contributed by atoms with van der Waals surface area (Å²) in [5.74, 6) is -1.44. The van der Waals surface area contributed by atoms with Gasteiger partial charge in [0.25, 0.3) is 0 Å². The van der Waals surface area contributed by atoms with Gasteiger partial charge in [0.05, 0.1) is 5.92 Å². The van der Waals surface area contributed by atoms with E-state index in [0.29, 0.717) is 19.1 Å². The highest BCUT2D eigenvalue weighted by Crippen LogP contribution is 2.16. The molecule has 5 nitrogen and oxygen atoms in total. The van der Waals surface area contributed by atoms with Crippen molar-refractivity contribution in [3.05, 3.63) is 0 Å². The van der Waals surface area contributed by atoms with Crippen molar-refractivity contribution in [2.75, 3.05) is 19.6 Å². The lowest BCUT2D eigenvalue weighted by atomic mass is 10.1. The second-order valence-corrected chi connectivity index (χ2v) is 4.19. The van der Waals surface area contributed by atoms with Gasteiger partial charge in [-0.25, -0.2) is 0 Å². The van der Waals surface area contributed by atoms with Gasteiger partial charge >= 0.3 is 5.97 Å². The minimum atomic E-state index is -0.873. The molecular weight excluding hydrogens is 196 g/mol. The van der Waals surface area contributed by atoms with Gasteiger partial charge in [-0.3, -0.25) is 9.59 Å². The third-order valence-corrected chi connectivity index (χ3v) is 2.50. The third kappa shape index (κ3) is 3.51. The fraction of sp³-hybridized carbons (Fsp3) is 0.800. The molecule has 0 aromatic rings. The molecule has 1 heterocycles. The number of nitrogens with zero attached hydrogens (tertiary/aromatic N) is 1. The van der Waals surface area contributed by atoms with E-state index in [2.05, 4.69) is 5.32 Å². The zero-order valence-corrected chi connectivity index (χ0v) is 9.19. The van der Waals surface area contributed by atoms with Crippen LogP contribution in [0.3, 0.4) is 0 Å². The van der Waals surface area contributed by atoms with Crippen LogP contribution in [0.15, 0.2) is 0 Å². The van der Waals surface area contributed by atoms with Crippen molar-refractivity contribution in [2.24, 2.45) is 5.92 Å². The van der Waals surface area contributed by atoms with E-state index in [0.717, 1.165) is 6.54 Å². The van der Waals surface area contributed by atoms with Crippen molar-refractivity contribution in [3.63, 3.8) is 0 Å². The van der Waals surface area contributed by atoms with Gasteiger partial charge in [-0.05, 0) is 0 Å². The van der Waals surface area contributed by atoms with Crippen LogP contribution in [0.4, 0.5) is 0 Å². The highest BCUT2D eigenvalue weighted by molar-refractivity contribution is 5.86. The SMILES string of the molecule is CC(C)NCCN1CC(C(=O)O)CC1=O. The maximum atomic E-state index is 11.4. The second kappa shape index (κ2) is 5.11. The molecule has 0 radical (unpaired) electrons. The molecule has 0 aliphatic carbocycles. The fourth-order valence-electron chi connectivity index (χ4n) is 1.64. The first-order valence-electron chi connectivity index (χ1n) is 5.24. The first-order valence-corrected chi connectivity index (χ1v) is 5.24. The molecule has 1 aliphatic rings. The molecule has 1 fully saturated rings. The van der Waals surface area contributed by atoms with Gasteiger partial charge in [0.1, 0.15) is 0 Å². The van der Waals surface area contributed by atoms with Gasteiger partial charge in [0, 0.05) is 32.1 Å². The summed E-state index contributed by atoms with van der Waals surface area (Å²) in [7, 11) is 0. The highest BCUT2D eigenvalue weighted by atomic mass is 16.4. The highest BCUT2D eigenvalue weighted by Gasteiger charge is 2.33. The van der Waals surface area contributed by atoms with E-state index in [9.17, 15) is 9.59 Å². The number of carboxylic acid groups (broad SMARTS) is 1. The quantitative estimate of drug-likeness (QED) is 0.671. The molecule has 1 saturated heterocycles. The number of nitrogens with one attached hydrogen (secondary N) is 1. The minimum absolute atomic E-state index is 0.0482. The van der Waals surface area contributed by atoms with E-state index in [4.69, 9.17) is 5.11 Å². The minimum Gasteiger partial charge on any atom is -0.481 e. The molecule has 1 atom stereocenters. The zero-order valence-electron chi connectivity index (χ0n) is 9.19. The average molecular weight is 214 g/mol. The monoisotopic (exact) mass is 214 g/mol. The second-order valence-electron chi connectivity index (χ2n) is 4.19. The lowest BCUT2D eigenvalue weighted by Crippen LogP contribution is -2.36. The molecule has 0 spiro atoms. The molecule has 0 bridgehead atoms. The summed E-state index contributed by atoms with van der Waals surface area (Å²) in [6.45, 7) is 5.74. The molecule has 0 saturated carbocycles. The van der Waals surface area contributed by atoms with Crippen LogP contribution in [-0.2, 0) is 9.59 Å². The van der Waals surface area contributed by atoms with E-state index in [1.165, 1.54) is 0 Å². The first-order chi connectivity index (χ1) is 7.00. The van der Waals surface area contributed by atoms with Crippen LogP contribution in [0.2, 0.25) is 0 Å². The standard InChI is InChI=1S/C10H18N2O3/c1-7(2)11-3-4-12-6-8(10(14)15)5-9(12)13/h7-8,11H,3-6H2,1-2H3,(H,14,15). The van der Waals surface area contributed by atoms with Crippen molar-refractivity contribution in [3.8, 4) is 0 Å². The van der Waals surface area contributed by atoms with Crippen molar-refractivity contribution in [1.29, 1.82) is 0 Å². The largest absolute Gasteiger partial charge is 0.481 e. The molecule has 1 aliphatic heterocycles. The van der Waals surface area contributed by atoms with Gasteiger partial charge < -0.3 is 15.3 Å². The van der Waals surface area contributed by atoms with Gasteiger partial charge in [-0.2, -0.15) is 0 Å². The summed E-state index contributed by atoms with van der Waals surface area (Å²) in [5, 5.41) is 12.0. The molecule has 86 valence electrons. The summed E-state index contributed by atoms with van der Waals surface area (Å²) in [4.78, 5) is 23.7. The zero-order chi connectivity index (χ0) is 11.4. The normalized spacial score (nSPS) is 21.4. The van der Waals surface area contributed by atoms with E-state index < -0.39 is 11.9 Å². The number of rotatable bonds is 5. The maximum Gasteiger partial charge on any atom is 0.308 e. The summed E-state index contributed by atoms with van der Waals surface area (Å²) in [6, 6.07) is 0.387. The Kier molecular flexibility index (Phi) is 4.08. The Labute approximate surface area is 89.4 Å². The maximum absolute atomic E-state index is 11.4. The first kappa shape index (κ1) is 12.0. The Morgan fingerprint density at radius 3 is 2.80 bits per heavy atom. The van der Waals surface area contributed by atoms with E-state index in [1.807, 2.05) is 13.8 Å². The Hall–Kier alpha value is -1.10. The van der Waals surface area contributed by atoms with E-state index in [1.54, 1.807) is 4.90 Å². The topological polar surface area (TPSA) is 69.6 Å². The predicted octanol–water partition coefficient (Wildman–Crippen LogP) is -0.0825. The average Bonchev–Trinajstić information content (AvgIpc) is 2.47. The van der Waals surface area contributed by atoms with E-state index >= 15 is 0 Å². The van der Waals surface area contributed by atoms with Crippen molar-refractivity contribution >= 4 is 11.9 Å². The van der Waals surface area contributed by atoms with Crippen LogP contribution in [0.25, 0.3) is 0 Å². The van der Waals surface area contributed by atoms with Crippen LogP contribution in [0, 0.1) is 5.92 Å². The molecule has 15 heavy (non-hydrogen) atoms. The number of carboxylic acids is 1. The summed E-state index contributed by atoms with van der Waals surface area (Å²) < 4.78 is 0. The summed E-state index contributed by atoms with van der Waals surface area (Å²) in [5.41, 5.74) is 0. The van der Waals surface area contributed by atoms with Gasteiger partial charge in [-0.1, -0.05) is 13.8 Å². The number of hydrogen-bond donors (Lipinski definition) is 2. The van der Waals surface area contributed by atoms with Crippen molar-refractivity contribution in [1.82, 2.24) is 10.2 Å². The number of amides is 1. The van der Waals surface area contributed by atoms with E-state index in [-0.39, 0.29) is 12.3 Å². The predicted molar refractivity (Wildman–Crippen MR) is 55.5 cm³/mol. The molecule has 1 unspecified atom stereocenters. The van der Waals surface area contributed by atoms with Gasteiger partial charge in [0.15, 0.2) is 0 Å². The molecule has 5 heteroatoms. The number of likely N-dealkylation sites (tertiary alicyclic amines) is 1. The van der Waals surface area contributed by atoms with Crippen LogP contribution < -0.4 is 5.32 Å². The Balaban J connectivity index is 2.31. The molecule has 1 amide bonds. The molecule has 0 aromatic carbocycles. The molecule has 0 aromatic heterocycles. The molecular formula is C10H18N2O3. The van der Waals surface area contributed by atoms with Crippen LogP contribution >= 0.6 is 0 Å². The van der Waals surface area contributed by atoms with Crippen molar-refractivity contribution < 1.29 is 14.7 Å². The summed E-state index contributed by atoms with van der Waals surface area (Å²) >= 11 is 0. The molecule has 1 rings (SSSR count). The number of carbonyl (C=O) groups is 2. The third-order valence-electron chi connectivity index (χ3n) is 2.50. The Morgan fingerprint density at radius 2 is 2.33 bits per heavy atom. The van der Waals surface area contributed by atoms with Gasteiger partial charge in [-0.15, -0.1) is 0 Å². The number of aliphatic carboxylic acids is 1. The smallest absolute Gasteiger partial charge is 0.308 e.